The predicted molar refractivity (Wildman–Crippen MR) is 121 cm³/mol. The first kappa shape index (κ1) is 22.2. The third kappa shape index (κ3) is 4.67. The maximum Gasteiger partial charge on any atom is 0.226 e. The van der Waals surface area contributed by atoms with Gasteiger partial charge in [0.05, 0.1) is 0 Å². The van der Waals surface area contributed by atoms with Crippen molar-refractivity contribution < 1.29 is 4.79 Å². The van der Waals surface area contributed by atoms with E-state index in [1.165, 1.54) is 38.5 Å². The van der Waals surface area contributed by atoms with Crippen LogP contribution in [0, 0.1) is 22.7 Å². The summed E-state index contributed by atoms with van der Waals surface area (Å²) in [4.78, 5) is 13.2. The Morgan fingerprint density at radius 3 is 2.65 bits per heavy atom. The first-order valence-corrected chi connectivity index (χ1v) is 11.8. The summed E-state index contributed by atoms with van der Waals surface area (Å²) in [7, 11) is 0. The Bertz CT molecular complexity index is 538. The van der Waals surface area contributed by atoms with Crippen LogP contribution < -0.4 is 5.32 Å². The molecule has 0 bridgehead atoms. The molecule has 1 amide bonds. The Kier molecular flexibility index (Phi) is 7.29. The van der Waals surface area contributed by atoms with Gasteiger partial charge in [0.25, 0.3) is 0 Å². The van der Waals surface area contributed by atoms with Crippen molar-refractivity contribution in [3.05, 3.63) is 11.6 Å². The average molecular weight is 473 g/mol. The van der Waals surface area contributed by atoms with Gasteiger partial charge >= 0.3 is 0 Å². The lowest BCUT2D eigenvalue weighted by atomic mass is 9.49. The Labute approximate surface area is 175 Å². The molecule has 26 heavy (non-hydrogen) atoms. The standard InChI is InChI=1S/C23H40INO/c1-7-21(4,24)15-12-18-10-8-11-19-22(18,5)13-9-14-23(19,6)20(26)25-16-17(2)3/h12,17,19H,7-11,13-16H2,1-6H3,(H,25,26)/b18-12+/t19?,21-,22+,23-/m1/s1. The topological polar surface area (TPSA) is 29.1 Å². The van der Waals surface area contributed by atoms with Gasteiger partial charge in [0.1, 0.15) is 0 Å². The number of hydrogen-bond acceptors (Lipinski definition) is 1. The van der Waals surface area contributed by atoms with E-state index >= 15 is 0 Å². The molecular formula is C23H40INO. The smallest absolute Gasteiger partial charge is 0.226 e. The zero-order valence-electron chi connectivity index (χ0n) is 17.9. The molecule has 4 atom stereocenters. The quantitative estimate of drug-likeness (QED) is 0.260. The minimum absolute atomic E-state index is 0.209. The van der Waals surface area contributed by atoms with E-state index in [1.807, 2.05) is 0 Å². The fourth-order valence-electron chi connectivity index (χ4n) is 5.26. The van der Waals surface area contributed by atoms with Crippen LogP contribution in [0.3, 0.4) is 0 Å². The molecule has 3 heteroatoms. The summed E-state index contributed by atoms with van der Waals surface area (Å²) >= 11 is 2.61. The molecule has 1 unspecified atom stereocenters. The molecular weight excluding hydrogens is 433 g/mol. The van der Waals surface area contributed by atoms with E-state index in [0.717, 1.165) is 19.4 Å². The second-order valence-electron chi connectivity index (χ2n) is 9.94. The summed E-state index contributed by atoms with van der Waals surface area (Å²) in [6.45, 7) is 14.5. The lowest BCUT2D eigenvalue weighted by molar-refractivity contribution is -0.141. The van der Waals surface area contributed by atoms with Gasteiger partial charge in [-0.1, -0.05) is 82.2 Å². The molecule has 2 aliphatic carbocycles. The molecule has 0 spiro atoms. The number of rotatable bonds is 6. The van der Waals surface area contributed by atoms with Crippen LogP contribution in [0.4, 0.5) is 0 Å². The Hall–Kier alpha value is -0.0600. The van der Waals surface area contributed by atoms with E-state index < -0.39 is 0 Å². The highest BCUT2D eigenvalue weighted by Crippen LogP contribution is 2.60. The number of hydrogen-bond donors (Lipinski definition) is 1. The fraction of sp³-hybridized carbons (Fsp3) is 0.870. The van der Waals surface area contributed by atoms with Gasteiger partial charge in [-0.2, -0.15) is 0 Å². The molecule has 0 aliphatic heterocycles. The summed E-state index contributed by atoms with van der Waals surface area (Å²) in [6.07, 6.45) is 12.0. The average Bonchev–Trinajstić information content (AvgIpc) is 2.58. The Morgan fingerprint density at radius 1 is 1.35 bits per heavy atom. The molecule has 2 aliphatic rings. The fourth-order valence-corrected chi connectivity index (χ4v) is 5.48. The Balaban J connectivity index is 2.25. The summed E-state index contributed by atoms with van der Waals surface area (Å²) < 4.78 is 0.348. The first-order chi connectivity index (χ1) is 12.0. The molecule has 0 aromatic rings. The van der Waals surface area contributed by atoms with Gasteiger partial charge in [-0.15, -0.1) is 0 Å². The lowest BCUT2D eigenvalue weighted by Crippen LogP contribution is -2.54. The molecule has 1 N–H and O–H groups in total. The largest absolute Gasteiger partial charge is 0.355 e. The monoisotopic (exact) mass is 473 g/mol. The lowest BCUT2D eigenvalue weighted by Gasteiger charge is -2.55. The number of allylic oxidation sites excluding steroid dienone is 2. The Morgan fingerprint density at radius 2 is 2.04 bits per heavy atom. The molecule has 0 aromatic carbocycles. The maximum atomic E-state index is 13.2. The maximum absolute atomic E-state index is 13.2. The van der Waals surface area contributed by atoms with Gasteiger partial charge in [-0.3, -0.25) is 4.79 Å². The molecule has 2 nitrogen and oxygen atoms in total. The summed E-state index contributed by atoms with van der Waals surface area (Å²) in [5.74, 6) is 1.29. The van der Waals surface area contributed by atoms with Crippen LogP contribution in [0.2, 0.25) is 0 Å². The van der Waals surface area contributed by atoms with Crippen molar-refractivity contribution in [1.82, 2.24) is 5.32 Å². The minimum Gasteiger partial charge on any atom is -0.355 e. The van der Waals surface area contributed by atoms with Gasteiger partial charge in [0.15, 0.2) is 0 Å². The normalized spacial score (nSPS) is 35.8. The van der Waals surface area contributed by atoms with Crippen LogP contribution in [-0.2, 0) is 4.79 Å². The molecule has 2 saturated carbocycles. The molecule has 2 fully saturated rings. The van der Waals surface area contributed by atoms with E-state index in [4.69, 9.17) is 0 Å². The third-order valence-corrected chi connectivity index (χ3v) is 8.51. The predicted octanol–water partition coefficient (Wildman–Crippen LogP) is 6.68. The van der Waals surface area contributed by atoms with Crippen molar-refractivity contribution in [3.63, 3.8) is 0 Å². The van der Waals surface area contributed by atoms with E-state index in [1.54, 1.807) is 5.57 Å². The molecule has 0 heterocycles. The van der Waals surface area contributed by atoms with E-state index in [2.05, 4.69) is 75.5 Å². The van der Waals surface area contributed by atoms with Gasteiger partial charge < -0.3 is 5.32 Å². The van der Waals surface area contributed by atoms with Crippen molar-refractivity contribution in [1.29, 1.82) is 0 Å². The molecule has 0 radical (unpaired) electrons. The van der Waals surface area contributed by atoms with Crippen molar-refractivity contribution in [3.8, 4) is 0 Å². The van der Waals surface area contributed by atoms with Crippen molar-refractivity contribution >= 4 is 28.5 Å². The number of carbonyl (C=O) groups excluding carboxylic acids is 1. The van der Waals surface area contributed by atoms with Crippen LogP contribution >= 0.6 is 22.6 Å². The SMILES string of the molecule is CC[C@@](C)(I)C/C=C1\CCCC2[C@](C)(C(=O)NCC(C)C)CCC[C@@]12C. The van der Waals surface area contributed by atoms with Crippen molar-refractivity contribution in [2.75, 3.05) is 6.54 Å². The van der Waals surface area contributed by atoms with E-state index in [-0.39, 0.29) is 10.8 Å². The second-order valence-corrected chi connectivity index (χ2v) is 12.5. The van der Waals surface area contributed by atoms with Crippen LogP contribution in [0.5, 0.6) is 0 Å². The highest BCUT2D eigenvalue weighted by atomic mass is 127. The number of halogens is 1. The molecule has 2 rings (SSSR count). The second kappa shape index (κ2) is 8.53. The number of nitrogens with one attached hydrogen (secondary N) is 1. The molecule has 0 saturated heterocycles. The van der Waals surface area contributed by atoms with Crippen molar-refractivity contribution in [2.24, 2.45) is 22.7 Å². The molecule has 0 aromatic heterocycles. The highest BCUT2D eigenvalue weighted by Gasteiger charge is 2.54. The van der Waals surface area contributed by atoms with Gasteiger partial charge in [-0.25, -0.2) is 0 Å². The van der Waals surface area contributed by atoms with Crippen LogP contribution in [0.15, 0.2) is 11.6 Å². The molecule has 150 valence electrons. The van der Waals surface area contributed by atoms with E-state index in [9.17, 15) is 4.79 Å². The van der Waals surface area contributed by atoms with Crippen LogP contribution in [0.25, 0.3) is 0 Å². The van der Waals surface area contributed by atoms with Crippen LogP contribution in [-0.4, -0.2) is 15.9 Å². The highest BCUT2D eigenvalue weighted by molar-refractivity contribution is 14.1. The number of carbonyl (C=O) groups is 1. The number of amides is 1. The third-order valence-electron chi connectivity index (χ3n) is 7.30. The zero-order chi connectivity index (χ0) is 19.6. The zero-order valence-corrected chi connectivity index (χ0v) is 20.0. The summed E-state index contributed by atoms with van der Waals surface area (Å²) in [5.41, 5.74) is 1.65. The number of fused-ring (bicyclic) bond motifs is 1. The first-order valence-electron chi connectivity index (χ1n) is 10.7. The van der Waals surface area contributed by atoms with Crippen molar-refractivity contribution in [2.45, 2.75) is 96.3 Å². The van der Waals surface area contributed by atoms with Gasteiger partial charge in [0, 0.05) is 15.4 Å². The minimum atomic E-state index is -0.209. The van der Waals surface area contributed by atoms with Gasteiger partial charge in [-0.05, 0) is 62.2 Å². The summed E-state index contributed by atoms with van der Waals surface area (Å²) in [6, 6.07) is 0. The number of alkyl halides is 1. The van der Waals surface area contributed by atoms with Gasteiger partial charge in [0.2, 0.25) is 5.91 Å². The summed E-state index contributed by atoms with van der Waals surface area (Å²) in [5, 5.41) is 3.26. The van der Waals surface area contributed by atoms with Crippen LogP contribution in [0.1, 0.15) is 92.9 Å². The van der Waals surface area contributed by atoms with E-state index in [0.29, 0.717) is 21.2 Å².